The van der Waals surface area contributed by atoms with Crippen molar-refractivity contribution in [3.8, 4) is 67.0 Å². The van der Waals surface area contributed by atoms with E-state index in [4.69, 9.17) is 0 Å². The molecule has 0 saturated carbocycles. The van der Waals surface area contributed by atoms with E-state index in [2.05, 4.69) is 440 Å². The third-order valence-corrected chi connectivity index (χ3v) is 27.7. The van der Waals surface area contributed by atoms with Gasteiger partial charge in [-0.2, -0.15) is 0 Å². The van der Waals surface area contributed by atoms with E-state index in [-0.39, 0.29) is 77.2 Å². The number of nitrogens with zero attached hydrogens (tertiary/aromatic N) is 4. The Morgan fingerprint density at radius 2 is 0.597 bits per heavy atom. The van der Waals surface area contributed by atoms with Crippen LogP contribution in [0.4, 0.5) is 34.1 Å². The first-order chi connectivity index (χ1) is 63.6. The zero-order valence-electron chi connectivity index (χ0n) is 90.2. The molecule has 4 nitrogen and oxygen atoms in total. The Kier molecular flexibility index (Phi) is 18.5. The molecule has 16 aromatic rings. The van der Waals surface area contributed by atoms with Gasteiger partial charge < -0.3 is 18.9 Å². The predicted molar refractivity (Wildman–Crippen MR) is 563 cm³/mol. The Hall–Kier alpha value is -11.7. The summed E-state index contributed by atoms with van der Waals surface area (Å²) in [5, 5.41) is 2.28. The van der Waals surface area contributed by atoms with Gasteiger partial charge in [-0.3, -0.25) is 0 Å². The van der Waals surface area contributed by atoms with Crippen molar-refractivity contribution in [3.63, 3.8) is 0 Å². The van der Waals surface area contributed by atoms with Crippen LogP contribution >= 0.6 is 0 Å². The van der Waals surface area contributed by atoms with Crippen LogP contribution in [0.5, 0.6) is 0 Å². The molecule has 0 radical (unpaired) electrons. The predicted octanol–water partition coefficient (Wildman–Crippen LogP) is 33.3. The molecule has 4 heterocycles. The Balaban J connectivity index is 1.13. The highest BCUT2D eigenvalue weighted by molar-refractivity contribution is 7.00. The van der Waals surface area contributed by atoms with Crippen LogP contribution in [-0.4, -0.2) is 15.8 Å². The maximum atomic E-state index is 10.2. The minimum Gasteiger partial charge on any atom is -0.310 e. The average Bonchev–Trinajstić information content (AvgIpc) is 1.68. The topological polar surface area (TPSA) is 16.3 Å². The SMILES string of the molecule is [2H]c1c([2H])c([2H])c2c(c1[2H])c1c([2H])c([2H])c([2H])c([2H])c1n2-c1ccc2c(c1)N(c1c(-c3ccc(C(C)(C)C)cc3)cccc1-c1c(C(C)(C)C)cccc1C(C)(C)C)c1cc(-n3c4ccc(C(C)(C)C)cc4c4cc(C(C)(C)C)ccc43)cc3c1B2c1ccc(-c2cc(C(C)(C)C)cc(C(C)(C)C)c2)cc1N3c1c(-c2ccc(C(C)(C)C)cc2)cccc1-c1ccc(C(C)(C)C)cc1C(C)(C)C. The Morgan fingerprint density at radius 3 is 1.05 bits per heavy atom. The van der Waals surface area contributed by atoms with Crippen LogP contribution < -0.4 is 26.2 Å². The molecule has 2 aliphatic heterocycles. The normalized spacial score (nSPS) is 14.6. The van der Waals surface area contributed by atoms with Crippen LogP contribution in [0, 0.1) is 0 Å². The van der Waals surface area contributed by atoms with Crippen LogP contribution in [0.25, 0.3) is 111 Å². The molecule has 654 valence electrons. The van der Waals surface area contributed by atoms with Crippen LogP contribution in [0.2, 0.25) is 0 Å². The molecule has 2 aromatic heterocycles. The molecular weight excluding hydrogens is 1560 g/mol. The molecule has 2 aliphatic rings. The van der Waals surface area contributed by atoms with Gasteiger partial charge in [0, 0.05) is 72.2 Å². The summed E-state index contributed by atoms with van der Waals surface area (Å²) in [6.07, 6.45) is 0. The number of anilines is 6. The molecule has 0 aliphatic carbocycles. The van der Waals surface area contributed by atoms with Crippen LogP contribution in [0.3, 0.4) is 0 Å². The van der Waals surface area contributed by atoms with Gasteiger partial charge in [0.05, 0.1) is 50.1 Å². The van der Waals surface area contributed by atoms with Crippen molar-refractivity contribution in [3.05, 3.63) is 328 Å². The molecule has 0 fully saturated rings. The number of fused-ring (bicyclic) bond motifs is 10. The lowest BCUT2D eigenvalue weighted by Gasteiger charge is -2.46. The van der Waals surface area contributed by atoms with Gasteiger partial charge in [0.25, 0.3) is 6.71 Å². The molecule has 18 rings (SSSR count). The number of para-hydroxylation sites is 4. The van der Waals surface area contributed by atoms with Gasteiger partial charge in [0.2, 0.25) is 0 Å². The van der Waals surface area contributed by atoms with Gasteiger partial charge in [-0.25, -0.2) is 0 Å². The molecule has 0 bridgehead atoms. The van der Waals surface area contributed by atoms with E-state index in [1.54, 1.807) is 4.57 Å². The average molecular weight is 1700 g/mol. The molecule has 0 saturated heterocycles. The number of benzene rings is 14. The summed E-state index contributed by atoms with van der Waals surface area (Å²) >= 11 is 0. The lowest BCUT2D eigenvalue weighted by atomic mass is 9.33. The molecule has 0 atom stereocenters. The van der Waals surface area contributed by atoms with E-state index in [0.717, 1.165) is 145 Å². The summed E-state index contributed by atoms with van der Waals surface area (Å²) in [4.78, 5) is 5.27. The van der Waals surface area contributed by atoms with E-state index in [9.17, 15) is 11.0 Å². The van der Waals surface area contributed by atoms with Crippen molar-refractivity contribution in [2.75, 3.05) is 9.80 Å². The number of aromatic nitrogens is 2. The summed E-state index contributed by atoms with van der Waals surface area (Å²) < 4.78 is 82.5. The minimum absolute atomic E-state index is 0.00628. The first kappa shape index (κ1) is 78.4. The van der Waals surface area contributed by atoms with Gasteiger partial charge in [-0.05, 0) is 226 Å². The number of hydrogen-bond acceptors (Lipinski definition) is 2. The van der Waals surface area contributed by atoms with Gasteiger partial charge in [0.1, 0.15) is 0 Å². The van der Waals surface area contributed by atoms with Gasteiger partial charge >= 0.3 is 0 Å². The summed E-state index contributed by atoms with van der Waals surface area (Å²) in [6.45, 7) is 68.8. The third-order valence-electron chi connectivity index (χ3n) is 27.7. The van der Waals surface area contributed by atoms with Crippen molar-refractivity contribution >= 4 is 101 Å². The van der Waals surface area contributed by atoms with E-state index in [1.165, 1.54) is 44.5 Å². The standard InChI is InChI=1S/C124H135BN4/c1-115(2,3)80-53-48-76(49-54-80)89-40-35-42-94(91-61-57-84(119(13,14)15)72-100(91)124(28,29)30)113(89)128-107-68-78(79-66-85(120(16,17)18)69-86(67-79)121(19,20)21)52-62-101(107)125-102-63-60-87(126-103-46-33-31-38-92(103)93-39-32-34-47-104(93)126)73-108(102)129(110-75-88(74-109(128)112(110)125)127-105-64-58-82(117(7,8)9)70-96(105)97-71-83(118(10,11)12)59-65-106(97)127)114-90(77-50-55-81(56-51-77)116(4,5)6)41-36-43-95(114)111-98(122(22,23)24)44-37-45-99(111)123(25,26)27/h31-75H,1-30H3/i31D,32D,33D,34D,38D,39D,46D,47D. The molecule has 0 amide bonds. The number of hydrogen-bond donors (Lipinski definition) is 0. The van der Waals surface area contributed by atoms with E-state index < -0.39 is 53.8 Å². The largest absolute Gasteiger partial charge is 0.310 e. The summed E-state index contributed by atoms with van der Waals surface area (Å²) in [5.74, 6) is 0. The first-order valence-corrected chi connectivity index (χ1v) is 46.8. The van der Waals surface area contributed by atoms with Crippen molar-refractivity contribution in [2.45, 2.75) is 262 Å². The van der Waals surface area contributed by atoms with Crippen LogP contribution in [0.15, 0.2) is 273 Å². The van der Waals surface area contributed by atoms with Crippen LogP contribution in [-0.2, 0) is 54.1 Å². The maximum absolute atomic E-state index is 10.2. The van der Waals surface area contributed by atoms with E-state index >= 15 is 0 Å². The van der Waals surface area contributed by atoms with E-state index in [0.29, 0.717) is 5.69 Å². The monoisotopic (exact) mass is 1700 g/mol. The second kappa shape index (κ2) is 30.5. The molecule has 14 aromatic carbocycles. The van der Waals surface area contributed by atoms with Crippen molar-refractivity contribution in [1.82, 2.24) is 9.13 Å². The minimum atomic E-state index is -0.596. The third kappa shape index (κ3) is 15.5. The second-order valence-electron chi connectivity index (χ2n) is 47.4. The highest BCUT2D eigenvalue weighted by Crippen LogP contribution is 2.58. The zero-order valence-corrected chi connectivity index (χ0v) is 82.2. The fourth-order valence-corrected chi connectivity index (χ4v) is 20.2. The smallest absolute Gasteiger partial charge is 0.252 e. The Bertz CT molecular complexity index is 7480. The molecule has 129 heavy (non-hydrogen) atoms. The van der Waals surface area contributed by atoms with Crippen molar-refractivity contribution < 1.29 is 11.0 Å². The summed E-state index contributed by atoms with van der Waals surface area (Å²) in [6, 6.07) is 83.4. The molecular formula is C124H135BN4. The van der Waals surface area contributed by atoms with Gasteiger partial charge in [-0.15, -0.1) is 0 Å². The lowest BCUT2D eigenvalue weighted by Crippen LogP contribution is -2.61. The highest BCUT2D eigenvalue weighted by atomic mass is 15.2. The van der Waals surface area contributed by atoms with Crippen molar-refractivity contribution in [1.29, 1.82) is 0 Å². The molecule has 0 spiro atoms. The fraction of sp³-hybridized carbons (Fsp3) is 0.323. The second-order valence-corrected chi connectivity index (χ2v) is 47.4. The Morgan fingerprint density at radius 1 is 0.233 bits per heavy atom. The fourth-order valence-electron chi connectivity index (χ4n) is 20.2. The summed E-state index contributed by atoms with van der Waals surface area (Å²) in [7, 11) is 0. The maximum Gasteiger partial charge on any atom is 0.252 e. The first-order valence-electron chi connectivity index (χ1n) is 50.8. The molecule has 0 N–H and O–H groups in total. The quantitative estimate of drug-likeness (QED) is 0.134. The number of rotatable bonds is 9. The highest BCUT2D eigenvalue weighted by Gasteiger charge is 2.47. The van der Waals surface area contributed by atoms with Crippen molar-refractivity contribution in [2.24, 2.45) is 0 Å². The molecule has 0 unspecified atom stereocenters. The Labute approximate surface area is 783 Å². The van der Waals surface area contributed by atoms with Gasteiger partial charge in [0.15, 0.2) is 0 Å². The summed E-state index contributed by atoms with van der Waals surface area (Å²) in [5.41, 5.74) is 31.9. The zero-order chi connectivity index (χ0) is 99.2. The van der Waals surface area contributed by atoms with Crippen LogP contribution in [0.1, 0.15) is 274 Å². The molecule has 5 heteroatoms. The van der Waals surface area contributed by atoms with E-state index in [1.807, 2.05) is 6.07 Å². The lowest BCUT2D eigenvalue weighted by molar-refractivity contribution is 0.568. The van der Waals surface area contributed by atoms with Gasteiger partial charge in [-0.1, -0.05) is 414 Å².